The van der Waals surface area contributed by atoms with Crippen LogP contribution in [0.4, 0.5) is 0 Å². The molecular formula is C16H21NOS. The Hall–Kier alpha value is -1.19. The molecule has 0 bridgehead atoms. The summed E-state index contributed by atoms with van der Waals surface area (Å²) in [6, 6.07) is 12.7. The van der Waals surface area contributed by atoms with Crippen molar-refractivity contribution >= 4 is 11.8 Å². The first kappa shape index (κ1) is 14.2. The molecule has 1 heterocycles. The second-order valence-corrected chi connectivity index (χ2v) is 5.52. The maximum absolute atomic E-state index is 5.72. The van der Waals surface area contributed by atoms with Crippen molar-refractivity contribution in [3.05, 3.63) is 59.0 Å². The Morgan fingerprint density at radius 2 is 1.89 bits per heavy atom. The standard InChI is InChI=1S/C16H21NOS/c1-13-5-3-4-6-14(13)9-10-17-11-15-7-8-16(18-15)12-19-2/h3-8,17H,9-12H2,1-2H3. The molecule has 2 rings (SSSR count). The van der Waals surface area contributed by atoms with Gasteiger partial charge in [-0.15, -0.1) is 0 Å². The lowest BCUT2D eigenvalue weighted by molar-refractivity contribution is 0.460. The third kappa shape index (κ3) is 4.44. The molecule has 3 heteroatoms. The lowest BCUT2D eigenvalue weighted by atomic mass is 10.1. The van der Waals surface area contributed by atoms with Gasteiger partial charge in [-0.05, 0) is 49.4 Å². The van der Waals surface area contributed by atoms with E-state index in [1.807, 2.05) is 0 Å². The van der Waals surface area contributed by atoms with Gasteiger partial charge in [0, 0.05) is 0 Å². The van der Waals surface area contributed by atoms with Crippen molar-refractivity contribution in [3.63, 3.8) is 0 Å². The molecule has 1 aromatic heterocycles. The summed E-state index contributed by atoms with van der Waals surface area (Å²) in [5.41, 5.74) is 2.78. The maximum atomic E-state index is 5.72. The van der Waals surface area contributed by atoms with Crippen molar-refractivity contribution in [3.8, 4) is 0 Å². The van der Waals surface area contributed by atoms with E-state index in [0.717, 1.165) is 36.8 Å². The molecule has 0 spiro atoms. The molecular weight excluding hydrogens is 254 g/mol. The molecule has 0 atom stereocenters. The predicted octanol–water partition coefficient (Wildman–Crippen LogP) is 3.78. The maximum Gasteiger partial charge on any atom is 0.117 e. The summed E-state index contributed by atoms with van der Waals surface area (Å²) in [4.78, 5) is 0. The van der Waals surface area contributed by atoms with E-state index in [1.165, 1.54) is 11.1 Å². The second kappa shape index (κ2) is 7.41. The van der Waals surface area contributed by atoms with Crippen LogP contribution in [0.25, 0.3) is 0 Å². The van der Waals surface area contributed by atoms with Gasteiger partial charge in [0.2, 0.25) is 0 Å². The van der Waals surface area contributed by atoms with Crippen LogP contribution >= 0.6 is 11.8 Å². The molecule has 2 nitrogen and oxygen atoms in total. The minimum absolute atomic E-state index is 0.806. The van der Waals surface area contributed by atoms with E-state index in [0.29, 0.717) is 0 Å². The largest absolute Gasteiger partial charge is 0.464 e. The molecule has 0 amide bonds. The molecule has 0 saturated carbocycles. The Labute approximate surface area is 119 Å². The van der Waals surface area contributed by atoms with Crippen LogP contribution in [0, 0.1) is 6.92 Å². The molecule has 0 fully saturated rings. The number of hydrogen-bond donors (Lipinski definition) is 1. The summed E-state index contributed by atoms with van der Waals surface area (Å²) in [5.74, 6) is 3.03. The zero-order valence-electron chi connectivity index (χ0n) is 11.6. The molecule has 19 heavy (non-hydrogen) atoms. The number of thioether (sulfide) groups is 1. The van der Waals surface area contributed by atoms with E-state index >= 15 is 0 Å². The summed E-state index contributed by atoms with van der Waals surface area (Å²) in [6.07, 6.45) is 3.15. The second-order valence-electron chi connectivity index (χ2n) is 4.65. The average Bonchev–Trinajstić information content (AvgIpc) is 2.85. The smallest absolute Gasteiger partial charge is 0.117 e. The van der Waals surface area contributed by atoms with E-state index in [4.69, 9.17) is 4.42 Å². The summed E-state index contributed by atoms with van der Waals surface area (Å²) in [5, 5.41) is 3.43. The first-order chi connectivity index (χ1) is 9.29. The van der Waals surface area contributed by atoms with Gasteiger partial charge in [-0.25, -0.2) is 0 Å². The van der Waals surface area contributed by atoms with Gasteiger partial charge in [0.15, 0.2) is 0 Å². The molecule has 0 saturated heterocycles. The van der Waals surface area contributed by atoms with Gasteiger partial charge in [-0.1, -0.05) is 24.3 Å². The van der Waals surface area contributed by atoms with Crippen molar-refractivity contribution < 1.29 is 4.42 Å². The van der Waals surface area contributed by atoms with Crippen molar-refractivity contribution in [1.82, 2.24) is 5.32 Å². The minimum atomic E-state index is 0.806. The van der Waals surface area contributed by atoms with Gasteiger partial charge in [0.05, 0.1) is 12.3 Å². The van der Waals surface area contributed by atoms with Crippen LogP contribution < -0.4 is 5.32 Å². The fourth-order valence-corrected chi connectivity index (χ4v) is 2.50. The minimum Gasteiger partial charge on any atom is -0.464 e. The monoisotopic (exact) mass is 275 g/mol. The van der Waals surface area contributed by atoms with Gasteiger partial charge in [-0.3, -0.25) is 0 Å². The summed E-state index contributed by atoms with van der Waals surface area (Å²) < 4.78 is 5.72. The van der Waals surface area contributed by atoms with Crippen LogP contribution in [0.5, 0.6) is 0 Å². The molecule has 1 N–H and O–H groups in total. The molecule has 1 aromatic carbocycles. The highest BCUT2D eigenvalue weighted by molar-refractivity contribution is 7.97. The van der Waals surface area contributed by atoms with E-state index in [2.05, 4.69) is 54.9 Å². The number of benzene rings is 1. The number of nitrogens with one attached hydrogen (secondary N) is 1. The Morgan fingerprint density at radius 3 is 2.68 bits per heavy atom. The lowest BCUT2D eigenvalue weighted by Gasteiger charge is -2.06. The number of rotatable bonds is 7. The Kier molecular flexibility index (Phi) is 5.55. The van der Waals surface area contributed by atoms with Crippen molar-refractivity contribution in [2.75, 3.05) is 12.8 Å². The van der Waals surface area contributed by atoms with Crippen LogP contribution in [0.1, 0.15) is 22.6 Å². The van der Waals surface area contributed by atoms with E-state index in [1.54, 1.807) is 11.8 Å². The predicted molar refractivity (Wildman–Crippen MR) is 82.5 cm³/mol. The summed E-state index contributed by atoms with van der Waals surface area (Å²) in [7, 11) is 0. The Balaban J connectivity index is 1.73. The van der Waals surface area contributed by atoms with E-state index in [9.17, 15) is 0 Å². The van der Waals surface area contributed by atoms with Crippen LogP contribution in [0.2, 0.25) is 0 Å². The third-order valence-corrected chi connectivity index (χ3v) is 3.71. The van der Waals surface area contributed by atoms with Gasteiger partial charge in [0.25, 0.3) is 0 Å². The van der Waals surface area contributed by atoms with Crippen LogP contribution in [-0.4, -0.2) is 12.8 Å². The molecule has 0 unspecified atom stereocenters. The van der Waals surface area contributed by atoms with Crippen molar-refractivity contribution in [2.24, 2.45) is 0 Å². The fraction of sp³-hybridized carbons (Fsp3) is 0.375. The lowest BCUT2D eigenvalue weighted by Crippen LogP contribution is -2.16. The van der Waals surface area contributed by atoms with Gasteiger partial charge < -0.3 is 9.73 Å². The fourth-order valence-electron chi connectivity index (χ4n) is 2.06. The summed E-state index contributed by atoms with van der Waals surface area (Å²) >= 11 is 1.78. The zero-order valence-corrected chi connectivity index (χ0v) is 12.4. The van der Waals surface area contributed by atoms with Crippen LogP contribution in [-0.2, 0) is 18.7 Å². The molecule has 102 valence electrons. The normalized spacial score (nSPS) is 10.8. The molecule has 2 aromatic rings. The van der Waals surface area contributed by atoms with E-state index in [-0.39, 0.29) is 0 Å². The zero-order chi connectivity index (χ0) is 13.5. The SMILES string of the molecule is CSCc1ccc(CNCCc2ccccc2C)o1. The molecule has 0 aliphatic rings. The van der Waals surface area contributed by atoms with Crippen LogP contribution in [0.3, 0.4) is 0 Å². The molecule has 0 aliphatic carbocycles. The molecule has 0 aliphatic heterocycles. The quantitative estimate of drug-likeness (QED) is 0.778. The van der Waals surface area contributed by atoms with E-state index < -0.39 is 0 Å². The van der Waals surface area contributed by atoms with Crippen LogP contribution in [0.15, 0.2) is 40.8 Å². The summed E-state index contributed by atoms with van der Waals surface area (Å²) in [6.45, 7) is 3.94. The average molecular weight is 275 g/mol. The number of hydrogen-bond acceptors (Lipinski definition) is 3. The third-order valence-electron chi connectivity index (χ3n) is 3.14. The molecule has 0 radical (unpaired) electrons. The first-order valence-electron chi connectivity index (χ1n) is 6.61. The first-order valence-corrected chi connectivity index (χ1v) is 8.00. The highest BCUT2D eigenvalue weighted by Gasteiger charge is 2.01. The topological polar surface area (TPSA) is 25.2 Å². The number of furan rings is 1. The highest BCUT2D eigenvalue weighted by Crippen LogP contribution is 2.13. The van der Waals surface area contributed by atoms with Gasteiger partial charge >= 0.3 is 0 Å². The van der Waals surface area contributed by atoms with Crippen molar-refractivity contribution in [1.29, 1.82) is 0 Å². The Morgan fingerprint density at radius 1 is 1.11 bits per heavy atom. The highest BCUT2D eigenvalue weighted by atomic mass is 32.2. The van der Waals surface area contributed by atoms with Crippen molar-refractivity contribution in [2.45, 2.75) is 25.6 Å². The number of aryl methyl sites for hydroxylation is 1. The van der Waals surface area contributed by atoms with Gasteiger partial charge in [0.1, 0.15) is 11.5 Å². The van der Waals surface area contributed by atoms with Gasteiger partial charge in [-0.2, -0.15) is 11.8 Å². The Bertz CT molecular complexity index is 507.